The third kappa shape index (κ3) is 4.26. The maximum Gasteiger partial charge on any atom is 0.247 e. The van der Waals surface area contributed by atoms with E-state index in [2.05, 4.69) is 0 Å². The van der Waals surface area contributed by atoms with Crippen LogP contribution in [0.3, 0.4) is 0 Å². The van der Waals surface area contributed by atoms with E-state index < -0.39 is 10.0 Å². The van der Waals surface area contributed by atoms with Crippen LogP contribution in [-0.2, 0) is 10.0 Å². The number of fused-ring (bicyclic) bond motifs is 1. The monoisotopic (exact) mass is 339 g/mol. The first-order chi connectivity index (χ1) is 11.0. The lowest BCUT2D eigenvalue weighted by Crippen LogP contribution is -2.37. The van der Waals surface area contributed by atoms with Crippen LogP contribution in [0.5, 0.6) is 11.5 Å². The Labute approximate surface area is 138 Å². The quantitative estimate of drug-likeness (QED) is 0.776. The fourth-order valence-corrected chi connectivity index (χ4v) is 4.20. The lowest BCUT2D eigenvalue weighted by molar-refractivity contribution is 0.294. The highest BCUT2D eigenvalue weighted by Crippen LogP contribution is 2.32. The third-order valence-electron chi connectivity index (χ3n) is 3.79. The Kier molecular flexibility index (Phi) is 6.07. The normalized spacial score (nSPS) is 20.7. The second-order valence-electron chi connectivity index (χ2n) is 5.80. The number of nitrogens with zero attached hydrogens (tertiary/aromatic N) is 1. The van der Waals surface area contributed by atoms with Crippen LogP contribution in [0, 0.1) is 0 Å². The minimum Gasteiger partial charge on any atom is -0.497 e. The number of ether oxygens (including phenoxy) is 2. The summed E-state index contributed by atoms with van der Waals surface area (Å²) in [6, 6.07) is 4.73. The van der Waals surface area contributed by atoms with E-state index >= 15 is 0 Å². The van der Waals surface area contributed by atoms with Crippen molar-refractivity contribution in [1.82, 2.24) is 4.31 Å². The summed E-state index contributed by atoms with van der Waals surface area (Å²) in [6.07, 6.45) is 6.81. The van der Waals surface area contributed by atoms with E-state index in [1.54, 1.807) is 25.3 Å². The zero-order valence-corrected chi connectivity index (χ0v) is 14.8. The van der Waals surface area contributed by atoms with Gasteiger partial charge in [-0.25, -0.2) is 8.42 Å². The summed E-state index contributed by atoms with van der Waals surface area (Å²) in [5.74, 6) is 0.946. The van der Waals surface area contributed by atoms with Crippen LogP contribution in [0.1, 0.15) is 33.1 Å². The highest BCUT2D eigenvalue weighted by molar-refractivity contribution is 7.89. The molecule has 1 aliphatic rings. The van der Waals surface area contributed by atoms with Gasteiger partial charge in [0, 0.05) is 18.7 Å². The Bertz CT molecular complexity index is 653. The molecule has 0 radical (unpaired) electrons. The van der Waals surface area contributed by atoms with Gasteiger partial charge in [-0.05, 0) is 45.2 Å². The Morgan fingerprint density at radius 2 is 2.00 bits per heavy atom. The highest BCUT2D eigenvalue weighted by Gasteiger charge is 2.29. The summed E-state index contributed by atoms with van der Waals surface area (Å²) in [4.78, 5) is 0.195. The lowest BCUT2D eigenvalue weighted by atomic mass is 10.2. The zero-order valence-electron chi connectivity index (χ0n) is 14.0. The molecule has 0 fully saturated rings. The first kappa shape index (κ1) is 17.8. The fraction of sp³-hybridized carbons (Fsp3) is 0.529. The van der Waals surface area contributed by atoms with Crippen LogP contribution >= 0.6 is 0 Å². The third-order valence-corrected chi connectivity index (χ3v) is 5.87. The van der Waals surface area contributed by atoms with E-state index in [4.69, 9.17) is 9.47 Å². The van der Waals surface area contributed by atoms with Crippen LogP contribution in [0.4, 0.5) is 0 Å². The summed E-state index contributed by atoms with van der Waals surface area (Å²) >= 11 is 0. The Balaban J connectivity index is 2.51. The van der Waals surface area contributed by atoms with Gasteiger partial charge in [0.15, 0.2) is 0 Å². The average Bonchev–Trinajstić information content (AvgIpc) is 2.51. The van der Waals surface area contributed by atoms with Crippen molar-refractivity contribution in [2.24, 2.45) is 0 Å². The summed E-state index contributed by atoms with van der Waals surface area (Å²) in [5.41, 5.74) is 0. The smallest absolute Gasteiger partial charge is 0.247 e. The maximum absolute atomic E-state index is 13.1. The van der Waals surface area contributed by atoms with Gasteiger partial charge in [-0.1, -0.05) is 12.2 Å². The molecule has 23 heavy (non-hydrogen) atoms. The first-order valence-electron chi connectivity index (χ1n) is 7.94. The molecular weight excluding hydrogens is 314 g/mol. The van der Waals surface area contributed by atoms with Crippen LogP contribution in [0.25, 0.3) is 0 Å². The predicted octanol–water partition coefficient (Wildman–Crippen LogP) is 3.21. The SMILES string of the molecule is COc1ccc2c(c1)OCCCC/C=C\CN(C(C)C)S2(=O)=O. The number of hydrogen-bond donors (Lipinski definition) is 0. The number of hydrogen-bond acceptors (Lipinski definition) is 4. The van der Waals surface area contributed by atoms with Crippen molar-refractivity contribution in [3.8, 4) is 11.5 Å². The Hall–Kier alpha value is -1.53. The summed E-state index contributed by atoms with van der Waals surface area (Å²) in [5, 5.41) is 0. The van der Waals surface area contributed by atoms with Gasteiger partial charge in [-0.2, -0.15) is 4.31 Å². The first-order valence-corrected chi connectivity index (χ1v) is 9.38. The molecule has 6 heteroatoms. The topological polar surface area (TPSA) is 55.8 Å². The second kappa shape index (κ2) is 7.84. The molecule has 0 aliphatic carbocycles. The molecule has 128 valence electrons. The second-order valence-corrected chi connectivity index (χ2v) is 7.66. The van der Waals surface area contributed by atoms with Crippen molar-refractivity contribution in [3.63, 3.8) is 0 Å². The molecule has 5 nitrogen and oxygen atoms in total. The van der Waals surface area contributed by atoms with Gasteiger partial charge in [0.2, 0.25) is 10.0 Å². The molecular formula is C17H25NO4S. The molecule has 0 saturated carbocycles. The molecule has 0 N–H and O–H groups in total. The maximum atomic E-state index is 13.1. The summed E-state index contributed by atoms with van der Waals surface area (Å²) in [6.45, 7) is 4.61. The zero-order chi connectivity index (χ0) is 16.9. The van der Waals surface area contributed by atoms with E-state index in [0.29, 0.717) is 24.7 Å². The lowest BCUT2D eigenvalue weighted by Gasteiger charge is -2.26. The van der Waals surface area contributed by atoms with Gasteiger partial charge < -0.3 is 9.47 Å². The predicted molar refractivity (Wildman–Crippen MR) is 90.5 cm³/mol. The van der Waals surface area contributed by atoms with Gasteiger partial charge >= 0.3 is 0 Å². The van der Waals surface area contributed by atoms with E-state index in [1.165, 1.54) is 4.31 Å². The van der Waals surface area contributed by atoms with Crippen LogP contribution < -0.4 is 9.47 Å². The van der Waals surface area contributed by atoms with Crippen molar-refractivity contribution >= 4 is 10.0 Å². The van der Waals surface area contributed by atoms with Crippen LogP contribution in [-0.4, -0.2) is 39.0 Å². The van der Waals surface area contributed by atoms with E-state index in [0.717, 1.165) is 19.3 Å². The number of sulfonamides is 1. The molecule has 2 rings (SSSR count). The van der Waals surface area contributed by atoms with Crippen LogP contribution in [0.2, 0.25) is 0 Å². The molecule has 0 saturated heterocycles. The fourth-order valence-electron chi connectivity index (χ4n) is 2.50. The molecule has 1 aliphatic heterocycles. The summed E-state index contributed by atoms with van der Waals surface area (Å²) < 4.78 is 38.5. The number of rotatable bonds is 2. The van der Waals surface area contributed by atoms with Gasteiger partial charge in [0.1, 0.15) is 16.4 Å². The van der Waals surface area contributed by atoms with Gasteiger partial charge in [-0.15, -0.1) is 0 Å². The minimum atomic E-state index is -3.63. The molecule has 1 aromatic carbocycles. The van der Waals surface area contributed by atoms with Gasteiger partial charge in [-0.3, -0.25) is 0 Å². The summed E-state index contributed by atoms with van der Waals surface area (Å²) in [7, 11) is -2.08. The number of methoxy groups -OCH3 is 1. The van der Waals surface area contributed by atoms with Crippen LogP contribution in [0.15, 0.2) is 35.2 Å². The van der Waals surface area contributed by atoms with E-state index in [9.17, 15) is 8.42 Å². The van der Waals surface area contributed by atoms with Crippen molar-refractivity contribution in [3.05, 3.63) is 30.4 Å². The minimum absolute atomic E-state index is 0.137. The van der Waals surface area contributed by atoms with Crippen molar-refractivity contribution in [2.75, 3.05) is 20.3 Å². The molecule has 0 amide bonds. The van der Waals surface area contributed by atoms with Crippen molar-refractivity contribution in [2.45, 2.75) is 44.0 Å². The van der Waals surface area contributed by atoms with E-state index in [1.807, 2.05) is 26.0 Å². The van der Waals surface area contributed by atoms with Crippen molar-refractivity contribution < 1.29 is 17.9 Å². The number of allylic oxidation sites excluding steroid dienone is 1. The molecule has 1 aromatic rings. The molecule has 1 heterocycles. The van der Waals surface area contributed by atoms with Gasteiger partial charge in [0.25, 0.3) is 0 Å². The van der Waals surface area contributed by atoms with Crippen molar-refractivity contribution in [1.29, 1.82) is 0 Å². The molecule has 0 bridgehead atoms. The van der Waals surface area contributed by atoms with E-state index in [-0.39, 0.29) is 10.9 Å². The number of benzene rings is 1. The standard InChI is InChI=1S/C17H25NO4S/c1-14(2)18-11-7-5-4-6-8-12-22-16-13-15(21-3)9-10-17(16)23(18,19)20/h5,7,9-10,13-14H,4,6,8,11-12H2,1-3H3/b7-5-. The average molecular weight is 339 g/mol. The van der Waals surface area contributed by atoms with Gasteiger partial charge in [0.05, 0.1) is 13.7 Å². The molecule has 0 spiro atoms. The Morgan fingerprint density at radius 3 is 2.70 bits per heavy atom. The Morgan fingerprint density at radius 1 is 1.22 bits per heavy atom. The molecule has 0 unspecified atom stereocenters. The molecule has 0 aromatic heterocycles. The largest absolute Gasteiger partial charge is 0.497 e. The molecule has 0 atom stereocenters. The highest BCUT2D eigenvalue weighted by atomic mass is 32.2.